The largest absolute Gasteiger partial charge is 0.461 e. The molecule has 1 aromatic carbocycles. The number of anilines is 1. The van der Waals surface area contributed by atoms with Crippen molar-refractivity contribution in [3.05, 3.63) is 42.1 Å². The maximum atomic E-state index is 11.9. The summed E-state index contributed by atoms with van der Waals surface area (Å²) in [6, 6.07) is 11.2. The van der Waals surface area contributed by atoms with E-state index in [1.165, 1.54) is 0 Å². The molecular formula is C15H17BN2O2. The quantitative estimate of drug-likeness (QED) is 0.622. The van der Waals surface area contributed by atoms with Crippen LogP contribution in [0.25, 0.3) is 5.69 Å². The zero-order valence-electron chi connectivity index (χ0n) is 12.0. The lowest BCUT2D eigenvalue weighted by molar-refractivity contribution is 0.0517. The van der Waals surface area contributed by atoms with Crippen molar-refractivity contribution in [2.24, 2.45) is 0 Å². The van der Waals surface area contributed by atoms with E-state index in [1.54, 1.807) is 23.6 Å². The van der Waals surface area contributed by atoms with Crippen LogP contribution in [0.15, 0.2) is 36.4 Å². The molecule has 0 unspecified atom stereocenters. The monoisotopic (exact) mass is 268 g/mol. The summed E-state index contributed by atoms with van der Waals surface area (Å²) in [5.74, 6) is -0.374. The van der Waals surface area contributed by atoms with Crippen LogP contribution in [0.3, 0.4) is 0 Å². The van der Waals surface area contributed by atoms with Gasteiger partial charge in [0.25, 0.3) is 0 Å². The third-order valence-electron chi connectivity index (χ3n) is 3.02. The van der Waals surface area contributed by atoms with Gasteiger partial charge in [0.1, 0.15) is 13.5 Å². The predicted molar refractivity (Wildman–Crippen MR) is 81.4 cm³/mol. The second-order valence-electron chi connectivity index (χ2n) is 4.61. The average Bonchev–Trinajstić information content (AvgIpc) is 2.81. The molecule has 0 aliphatic carbocycles. The third-order valence-corrected chi connectivity index (χ3v) is 3.02. The number of rotatable bonds is 4. The van der Waals surface area contributed by atoms with Crippen LogP contribution in [0, 0.1) is 0 Å². The number of ether oxygens (including phenoxy) is 1. The van der Waals surface area contributed by atoms with Gasteiger partial charge in [-0.2, -0.15) is 0 Å². The Labute approximate surface area is 120 Å². The molecule has 0 amide bonds. The van der Waals surface area contributed by atoms with E-state index in [2.05, 4.69) is 0 Å². The molecule has 2 radical (unpaired) electrons. The maximum Gasteiger partial charge on any atom is 0.355 e. The summed E-state index contributed by atoms with van der Waals surface area (Å²) >= 11 is 0. The number of carbonyl (C=O) groups is 1. The lowest BCUT2D eigenvalue weighted by Crippen LogP contribution is -2.20. The van der Waals surface area contributed by atoms with Crippen molar-refractivity contribution in [2.75, 3.05) is 25.6 Å². The Bertz CT molecular complexity index is 603. The van der Waals surface area contributed by atoms with Crippen LogP contribution in [0.1, 0.15) is 17.4 Å². The molecule has 0 N–H and O–H groups in total. The summed E-state index contributed by atoms with van der Waals surface area (Å²) in [5.41, 5.74) is 2.85. The molecule has 1 heterocycles. The number of hydrogen-bond donors (Lipinski definition) is 0. The van der Waals surface area contributed by atoms with Crippen LogP contribution >= 0.6 is 0 Å². The van der Waals surface area contributed by atoms with Crippen LogP contribution in [-0.2, 0) is 4.74 Å². The van der Waals surface area contributed by atoms with Gasteiger partial charge in [-0.25, -0.2) is 4.79 Å². The van der Waals surface area contributed by atoms with E-state index < -0.39 is 0 Å². The standard InChI is InChI=1S/C15H17BN2O2/c1-4-20-15(19)13-9-10-14(16)18(13)12-7-5-11(6-8-12)17(2)3/h5-10H,4H2,1-3H3. The molecule has 0 spiro atoms. The molecule has 2 rings (SSSR count). The van der Waals surface area contributed by atoms with Crippen LogP contribution in [0.5, 0.6) is 0 Å². The minimum absolute atomic E-state index is 0.337. The Morgan fingerprint density at radius 1 is 1.20 bits per heavy atom. The number of carbonyl (C=O) groups excluding carboxylic acids is 1. The second-order valence-corrected chi connectivity index (χ2v) is 4.61. The van der Waals surface area contributed by atoms with Crippen molar-refractivity contribution in [3.63, 3.8) is 0 Å². The molecular weight excluding hydrogens is 251 g/mol. The summed E-state index contributed by atoms with van der Waals surface area (Å²) < 4.78 is 6.73. The molecule has 4 nitrogen and oxygen atoms in total. The fraction of sp³-hybridized carbons (Fsp3) is 0.267. The molecule has 2 aromatic rings. The summed E-state index contributed by atoms with van der Waals surface area (Å²) in [6.45, 7) is 2.11. The van der Waals surface area contributed by atoms with Gasteiger partial charge in [-0.05, 0) is 42.8 Å². The lowest BCUT2D eigenvalue weighted by Gasteiger charge is -2.15. The van der Waals surface area contributed by atoms with Crippen molar-refractivity contribution in [1.82, 2.24) is 4.57 Å². The SMILES string of the molecule is [B]c1ccc(C(=O)OCC)n1-c1ccc(N(C)C)cc1. The number of benzene rings is 1. The molecule has 5 heteroatoms. The van der Waals surface area contributed by atoms with E-state index in [9.17, 15) is 4.79 Å². The van der Waals surface area contributed by atoms with Crippen LogP contribution in [0.2, 0.25) is 0 Å². The van der Waals surface area contributed by atoms with Gasteiger partial charge in [0.05, 0.1) is 6.61 Å². The van der Waals surface area contributed by atoms with Gasteiger partial charge in [0.2, 0.25) is 0 Å². The highest BCUT2D eigenvalue weighted by atomic mass is 16.5. The first-order valence-corrected chi connectivity index (χ1v) is 6.46. The van der Waals surface area contributed by atoms with E-state index in [4.69, 9.17) is 12.6 Å². The van der Waals surface area contributed by atoms with Gasteiger partial charge >= 0.3 is 5.97 Å². The molecule has 1 aromatic heterocycles. The van der Waals surface area contributed by atoms with E-state index in [0.29, 0.717) is 17.9 Å². The first-order valence-electron chi connectivity index (χ1n) is 6.46. The summed E-state index contributed by atoms with van der Waals surface area (Å²) in [5, 5.41) is 0. The number of hydrogen-bond acceptors (Lipinski definition) is 3. The van der Waals surface area contributed by atoms with Crippen LogP contribution in [0.4, 0.5) is 5.69 Å². The van der Waals surface area contributed by atoms with Crippen LogP contribution < -0.4 is 10.5 Å². The number of aromatic nitrogens is 1. The van der Waals surface area contributed by atoms with Crippen molar-refractivity contribution in [1.29, 1.82) is 0 Å². The van der Waals surface area contributed by atoms with Crippen molar-refractivity contribution in [3.8, 4) is 5.69 Å². The van der Waals surface area contributed by atoms with Gasteiger partial charge < -0.3 is 14.2 Å². The normalized spacial score (nSPS) is 10.3. The Kier molecular flexibility index (Phi) is 4.18. The molecule has 102 valence electrons. The molecule has 20 heavy (non-hydrogen) atoms. The highest BCUT2D eigenvalue weighted by molar-refractivity contribution is 6.31. The predicted octanol–water partition coefficient (Wildman–Crippen LogP) is 1.51. The highest BCUT2D eigenvalue weighted by Gasteiger charge is 2.15. The number of nitrogens with zero attached hydrogens (tertiary/aromatic N) is 2. The molecule has 0 fully saturated rings. The Morgan fingerprint density at radius 2 is 1.85 bits per heavy atom. The Morgan fingerprint density at radius 3 is 2.40 bits per heavy atom. The Balaban J connectivity index is 2.41. The van der Waals surface area contributed by atoms with Crippen molar-refractivity contribution < 1.29 is 9.53 Å². The lowest BCUT2D eigenvalue weighted by atomic mass is 10.1. The zero-order valence-corrected chi connectivity index (χ0v) is 12.0. The topological polar surface area (TPSA) is 34.5 Å². The first-order chi connectivity index (χ1) is 9.54. The third kappa shape index (κ3) is 2.71. The van der Waals surface area contributed by atoms with Gasteiger partial charge in [-0.3, -0.25) is 0 Å². The fourth-order valence-corrected chi connectivity index (χ4v) is 2.00. The number of esters is 1. The molecule has 0 atom stereocenters. The summed E-state index contributed by atoms with van der Waals surface area (Å²) in [7, 11) is 9.90. The molecule has 0 saturated carbocycles. The smallest absolute Gasteiger partial charge is 0.355 e. The van der Waals surface area contributed by atoms with Gasteiger partial charge in [0, 0.05) is 25.5 Å². The minimum Gasteiger partial charge on any atom is -0.461 e. The summed E-state index contributed by atoms with van der Waals surface area (Å²) in [6.07, 6.45) is 0. The van der Waals surface area contributed by atoms with E-state index >= 15 is 0 Å². The second kappa shape index (κ2) is 5.86. The highest BCUT2D eigenvalue weighted by Crippen LogP contribution is 2.17. The van der Waals surface area contributed by atoms with E-state index in [0.717, 1.165) is 11.4 Å². The molecule has 0 saturated heterocycles. The first kappa shape index (κ1) is 14.2. The minimum atomic E-state index is -0.374. The van der Waals surface area contributed by atoms with Gasteiger partial charge in [-0.1, -0.05) is 6.07 Å². The fourth-order valence-electron chi connectivity index (χ4n) is 2.00. The van der Waals surface area contributed by atoms with E-state index in [1.807, 2.05) is 43.3 Å². The zero-order chi connectivity index (χ0) is 14.7. The van der Waals surface area contributed by atoms with Crippen molar-refractivity contribution in [2.45, 2.75) is 6.92 Å². The van der Waals surface area contributed by atoms with Crippen LogP contribution in [-0.4, -0.2) is 39.1 Å². The molecule has 0 aliphatic heterocycles. The summed E-state index contributed by atoms with van der Waals surface area (Å²) in [4.78, 5) is 13.9. The molecule has 0 aliphatic rings. The molecule has 0 bridgehead atoms. The van der Waals surface area contributed by atoms with Gasteiger partial charge in [-0.15, -0.1) is 0 Å². The van der Waals surface area contributed by atoms with Crippen molar-refractivity contribution >= 4 is 25.1 Å². The average molecular weight is 268 g/mol. The van der Waals surface area contributed by atoms with Gasteiger partial charge in [0.15, 0.2) is 0 Å². The maximum absolute atomic E-state index is 11.9. The van der Waals surface area contributed by atoms with E-state index in [-0.39, 0.29) is 5.97 Å². The Hall–Kier alpha value is -2.17.